The van der Waals surface area contributed by atoms with Gasteiger partial charge < -0.3 is 10.6 Å². The largest absolute Gasteiger partial charge is 0.326 e. The lowest BCUT2D eigenvalue weighted by atomic mass is 10.2. The number of nitrogens with zero attached hydrogens (tertiary/aromatic N) is 2. The molecule has 0 aliphatic rings. The quantitative estimate of drug-likeness (QED) is 0.474. The van der Waals surface area contributed by atoms with Crippen LogP contribution in [0.5, 0.6) is 0 Å². The lowest BCUT2D eigenvalue weighted by Crippen LogP contribution is -2.15. The van der Waals surface area contributed by atoms with E-state index in [1.807, 2.05) is 35.0 Å². The van der Waals surface area contributed by atoms with Crippen LogP contribution in [0.3, 0.4) is 0 Å². The maximum atomic E-state index is 12.4. The summed E-state index contributed by atoms with van der Waals surface area (Å²) in [6.07, 6.45) is 1.88. The number of anilines is 2. The van der Waals surface area contributed by atoms with Gasteiger partial charge in [0.2, 0.25) is 5.91 Å². The van der Waals surface area contributed by atoms with E-state index >= 15 is 0 Å². The molecule has 144 valence electrons. The third-order valence-electron chi connectivity index (χ3n) is 3.93. The molecule has 0 atom stereocenters. The van der Waals surface area contributed by atoms with Crippen LogP contribution in [-0.4, -0.2) is 21.8 Å². The molecule has 2 N–H and O–H groups in total. The van der Waals surface area contributed by atoms with Crippen LogP contribution in [0.1, 0.15) is 15.4 Å². The predicted octanol–water partition coefficient (Wildman–Crippen LogP) is 4.70. The van der Waals surface area contributed by atoms with Crippen molar-refractivity contribution in [3.05, 3.63) is 82.1 Å². The van der Waals surface area contributed by atoms with Gasteiger partial charge in [-0.2, -0.15) is 0 Å². The average Bonchev–Trinajstić information content (AvgIpc) is 3.41. The van der Waals surface area contributed by atoms with Gasteiger partial charge in [0.25, 0.3) is 5.91 Å². The Morgan fingerprint density at radius 1 is 0.931 bits per heavy atom. The monoisotopic (exact) mass is 420 g/mol. The summed E-state index contributed by atoms with van der Waals surface area (Å²) in [5.74, 6) is -0.349. The van der Waals surface area contributed by atoms with E-state index in [1.165, 1.54) is 22.7 Å². The molecule has 0 saturated carbocycles. The van der Waals surface area contributed by atoms with Crippen LogP contribution in [-0.2, 0) is 11.2 Å². The minimum absolute atomic E-state index is 0.162. The Labute approximate surface area is 175 Å². The van der Waals surface area contributed by atoms with Gasteiger partial charge in [-0.25, -0.2) is 4.98 Å². The van der Waals surface area contributed by atoms with Crippen LogP contribution >= 0.6 is 22.7 Å². The van der Waals surface area contributed by atoms with Gasteiger partial charge in [0.15, 0.2) is 0 Å². The van der Waals surface area contributed by atoms with E-state index in [1.54, 1.807) is 36.5 Å². The topological polar surface area (TPSA) is 84.0 Å². The molecule has 0 aliphatic heterocycles. The van der Waals surface area contributed by atoms with Gasteiger partial charge in [-0.3, -0.25) is 14.6 Å². The van der Waals surface area contributed by atoms with Crippen LogP contribution in [0.25, 0.3) is 10.7 Å². The second-order valence-corrected chi connectivity index (χ2v) is 7.90. The van der Waals surface area contributed by atoms with Gasteiger partial charge in [0, 0.05) is 23.0 Å². The number of aromatic nitrogens is 2. The predicted molar refractivity (Wildman–Crippen MR) is 116 cm³/mol. The summed E-state index contributed by atoms with van der Waals surface area (Å²) >= 11 is 2.83. The third kappa shape index (κ3) is 4.92. The second kappa shape index (κ2) is 8.76. The fourth-order valence-electron chi connectivity index (χ4n) is 2.64. The highest BCUT2D eigenvalue weighted by molar-refractivity contribution is 7.13. The summed E-state index contributed by atoms with van der Waals surface area (Å²) in [4.78, 5) is 34.0. The fraction of sp³-hybridized carbons (Fsp3) is 0.0476. The van der Waals surface area contributed by atoms with Crippen molar-refractivity contribution in [1.29, 1.82) is 0 Å². The number of pyridine rings is 1. The Hall–Kier alpha value is -3.36. The lowest BCUT2D eigenvalue weighted by molar-refractivity contribution is -0.115. The van der Waals surface area contributed by atoms with Gasteiger partial charge in [-0.05, 0) is 41.8 Å². The van der Waals surface area contributed by atoms with Crippen molar-refractivity contribution in [2.45, 2.75) is 6.42 Å². The molecular formula is C21H16N4O2S2. The molecule has 3 aromatic heterocycles. The standard InChI is InChI=1S/C21H16N4O2S2/c26-19(12-16-13-29-21(25-16)17-7-1-2-9-22-17)23-14-5-3-6-15(11-14)24-20(27)18-8-4-10-28-18/h1-11,13H,12H2,(H,23,26)(H,24,27). The summed E-state index contributed by atoms with van der Waals surface area (Å²) in [5, 5.41) is 10.2. The zero-order valence-corrected chi connectivity index (χ0v) is 16.8. The van der Waals surface area contributed by atoms with Gasteiger partial charge >= 0.3 is 0 Å². The van der Waals surface area contributed by atoms with E-state index in [4.69, 9.17) is 0 Å². The van der Waals surface area contributed by atoms with Crippen LogP contribution in [0.2, 0.25) is 0 Å². The molecule has 1 aromatic carbocycles. The first-order valence-electron chi connectivity index (χ1n) is 8.78. The Kier molecular flexibility index (Phi) is 5.73. The molecule has 0 saturated heterocycles. The fourth-order valence-corrected chi connectivity index (χ4v) is 4.05. The number of hydrogen-bond donors (Lipinski definition) is 2. The molecule has 0 spiro atoms. The van der Waals surface area contributed by atoms with Crippen LogP contribution in [0.15, 0.2) is 71.6 Å². The molecule has 3 heterocycles. The summed E-state index contributed by atoms with van der Waals surface area (Å²) in [7, 11) is 0. The van der Waals surface area contributed by atoms with E-state index in [-0.39, 0.29) is 18.2 Å². The molecule has 2 amide bonds. The Morgan fingerprint density at radius 2 is 1.79 bits per heavy atom. The summed E-state index contributed by atoms with van der Waals surface area (Å²) in [6, 6.07) is 16.3. The van der Waals surface area contributed by atoms with Crippen molar-refractivity contribution in [2.75, 3.05) is 10.6 Å². The Morgan fingerprint density at radius 3 is 2.55 bits per heavy atom. The molecular weight excluding hydrogens is 404 g/mol. The lowest BCUT2D eigenvalue weighted by Gasteiger charge is -2.08. The molecule has 4 aromatic rings. The Bertz CT molecular complexity index is 1120. The van der Waals surface area contributed by atoms with Crippen molar-refractivity contribution >= 4 is 45.9 Å². The van der Waals surface area contributed by atoms with Gasteiger partial charge in [0.05, 0.1) is 22.7 Å². The molecule has 0 bridgehead atoms. The number of carbonyl (C=O) groups is 2. The molecule has 4 rings (SSSR count). The average molecular weight is 421 g/mol. The van der Waals surface area contributed by atoms with E-state index in [9.17, 15) is 9.59 Å². The maximum absolute atomic E-state index is 12.4. The SMILES string of the molecule is O=C(Cc1csc(-c2ccccn2)n1)Nc1cccc(NC(=O)c2cccs2)c1. The zero-order valence-electron chi connectivity index (χ0n) is 15.2. The highest BCUT2D eigenvalue weighted by Crippen LogP contribution is 2.22. The summed E-state index contributed by atoms with van der Waals surface area (Å²) in [6.45, 7) is 0. The minimum atomic E-state index is -0.176. The molecule has 0 radical (unpaired) electrons. The highest BCUT2D eigenvalue weighted by atomic mass is 32.1. The molecule has 0 fully saturated rings. The zero-order chi connectivity index (χ0) is 20.1. The summed E-state index contributed by atoms with van der Waals surface area (Å²) < 4.78 is 0. The van der Waals surface area contributed by atoms with Crippen molar-refractivity contribution in [3.8, 4) is 10.7 Å². The van der Waals surface area contributed by atoms with Crippen molar-refractivity contribution < 1.29 is 9.59 Å². The number of amides is 2. The molecule has 29 heavy (non-hydrogen) atoms. The highest BCUT2D eigenvalue weighted by Gasteiger charge is 2.11. The molecule has 6 nitrogen and oxygen atoms in total. The van der Waals surface area contributed by atoms with Crippen LogP contribution in [0.4, 0.5) is 11.4 Å². The smallest absolute Gasteiger partial charge is 0.265 e. The van der Waals surface area contributed by atoms with E-state index in [0.29, 0.717) is 21.9 Å². The van der Waals surface area contributed by atoms with Gasteiger partial charge in [-0.1, -0.05) is 18.2 Å². The number of benzene rings is 1. The number of carbonyl (C=O) groups excluding carboxylic acids is 2. The number of thiazole rings is 1. The number of nitrogens with one attached hydrogen (secondary N) is 2. The van der Waals surface area contributed by atoms with E-state index in [0.717, 1.165) is 10.7 Å². The van der Waals surface area contributed by atoms with Crippen molar-refractivity contribution in [3.63, 3.8) is 0 Å². The van der Waals surface area contributed by atoms with E-state index in [2.05, 4.69) is 20.6 Å². The number of rotatable bonds is 6. The molecule has 0 aliphatic carbocycles. The minimum Gasteiger partial charge on any atom is -0.326 e. The van der Waals surface area contributed by atoms with E-state index < -0.39 is 0 Å². The molecule has 8 heteroatoms. The second-order valence-electron chi connectivity index (χ2n) is 6.10. The van der Waals surface area contributed by atoms with Crippen LogP contribution in [0, 0.1) is 0 Å². The first-order chi connectivity index (χ1) is 14.2. The number of hydrogen-bond acceptors (Lipinski definition) is 6. The van der Waals surface area contributed by atoms with Gasteiger partial charge in [0.1, 0.15) is 5.01 Å². The summed E-state index contributed by atoms with van der Waals surface area (Å²) in [5.41, 5.74) is 2.71. The van der Waals surface area contributed by atoms with Gasteiger partial charge in [-0.15, -0.1) is 22.7 Å². The Balaban J connectivity index is 1.37. The van der Waals surface area contributed by atoms with Crippen LogP contribution < -0.4 is 10.6 Å². The first-order valence-corrected chi connectivity index (χ1v) is 10.5. The third-order valence-corrected chi connectivity index (χ3v) is 5.71. The normalized spacial score (nSPS) is 10.5. The van der Waals surface area contributed by atoms with Crippen molar-refractivity contribution in [1.82, 2.24) is 9.97 Å². The molecule has 0 unspecified atom stereocenters. The number of thiophene rings is 1. The first kappa shape index (κ1) is 19.0. The van der Waals surface area contributed by atoms with Crippen molar-refractivity contribution in [2.24, 2.45) is 0 Å². The maximum Gasteiger partial charge on any atom is 0.265 e.